The molecule has 6 heteroatoms. The Morgan fingerprint density at radius 3 is 2.75 bits per heavy atom. The fourth-order valence-corrected chi connectivity index (χ4v) is 4.47. The van der Waals surface area contributed by atoms with Crippen molar-refractivity contribution in [1.29, 1.82) is 0 Å². The maximum Gasteiger partial charge on any atom is 0.243 e. The number of fused-ring (bicyclic) bond motifs is 1. The maximum atomic E-state index is 12.7. The molecule has 0 aliphatic carbocycles. The Morgan fingerprint density at radius 1 is 1.30 bits per heavy atom. The van der Waals surface area contributed by atoms with Gasteiger partial charge in [0.25, 0.3) is 0 Å². The van der Waals surface area contributed by atoms with Gasteiger partial charge in [0.1, 0.15) is 0 Å². The molecule has 5 nitrogen and oxygen atoms in total. The van der Waals surface area contributed by atoms with Crippen LogP contribution < -0.4 is 5.32 Å². The molecule has 2 unspecified atom stereocenters. The minimum absolute atomic E-state index is 0.0501. The average molecular weight is 296 g/mol. The van der Waals surface area contributed by atoms with Crippen molar-refractivity contribution in [1.82, 2.24) is 9.62 Å². The van der Waals surface area contributed by atoms with Gasteiger partial charge in [-0.3, -0.25) is 0 Å². The van der Waals surface area contributed by atoms with E-state index in [4.69, 9.17) is 4.74 Å². The first kappa shape index (κ1) is 14.0. The number of benzene rings is 1. The maximum absolute atomic E-state index is 12.7. The summed E-state index contributed by atoms with van der Waals surface area (Å²) in [6.45, 7) is 4.11. The van der Waals surface area contributed by atoms with Gasteiger partial charge >= 0.3 is 0 Å². The van der Waals surface area contributed by atoms with Crippen molar-refractivity contribution in [2.45, 2.75) is 43.5 Å². The SMILES string of the molecule is CC1OCCC1N(C)S(=O)(=O)c1ccc2c(c1)CNC2. The molecule has 0 aromatic heterocycles. The van der Waals surface area contributed by atoms with Gasteiger partial charge in [-0.05, 0) is 36.6 Å². The molecule has 1 aromatic rings. The first-order valence-corrected chi connectivity index (χ1v) is 8.36. The van der Waals surface area contributed by atoms with Crippen molar-refractivity contribution < 1.29 is 13.2 Å². The first-order valence-electron chi connectivity index (χ1n) is 6.92. The summed E-state index contributed by atoms with van der Waals surface area (Å²) in [7, 11) is -1.80. The van der Waals surface area contributed by atoms with Crippen LogP contribution in [0.5, 0.6) is 0 Å². The van der Waals surface area contributed by atoms with Crippen LogP contribution in [0.15, 0.2) is 23.1 Å². The zero-order chi connectivity index (χ0) is 14.3. The average Bonchev–Trinajstić information content (AvgIpc) is 3.05. The van der Waals surface area contributed by atoms with Crippen molar-refractivity contribution in [3.05, 3.63) is 29.3 Å². The summed E-state index contributed by atoms with van der Waals surface area (Å²) >= 11 is 0. The van der Waals surface area contributed by atoms with E-state index in [-0.39, 0.29) is 12.1 Å². The zero-order valence-electron chi connectivity index (χ0n) is 11.8. The molecule has 110 valence electrons. The van der Waals surface area contributed by atoms with E-state index < -0.39 is 10.0 Å². The number of nitrogens with zero attached hydrogens (tertiary/aromatic N) is 1. The standard InChI is InChI=1S/C14H20N2O3S/c1-10-14(5-6-19-10)16(2)20(17,18)13-4-3-11-8-15-9-12(11)7-13/h3-4,7,10,14-15H,5-6,8-9H2,1-2H3. The lowest BCUT2D eigenvalue weighted by Gasteiger charge is -2.26. The van der Waals surface area contributed by atoms with E-state index in [1.807, 2.05) is 13.0 Å². The van der Waals surface area contributed by atoms with Gasteiger partial charge < -0.3 is 10.1 Å². The molecule has 2 aliphatic heterocycles. The third-order valence-electron chi connectivity index (χ3n) is 4.29. The van der Waals surface area contributed by atoms with Crippen LogP contribution in [-0.2, 0) is 27.8 Å². The quantitative estimate of drug-likeness (QED) is 0.907. The lowest BCUT2D eigenvalue weighted by Crippen LogP contribution is -2.40. The largest absolute Gasteiger partial charge is 0.377 e. The minimum Gasteiger partial charge on any atom is -0.377 e. The number of nitrogens with one attached hydrogen (secondary N) is 1. The molecule has 1 N–H and O–H groups in total. The van der Waals surface area contributed by atoms with Crippen LogP contribution in [0, 0.1) is 0 Å². The third-order valence-corrected chi connectivity index (χ3v) is 6.17. The van der Waals surface area contributed by atoms with E-state index in [9.17, 15) is 8.42 Å². The van der Waals surface area contributed by atoms with Gasteiger partial charge in [0.2, 0.25) is 10.0 Å². The van der Waals surface area contributed by atoms with Crippen LogP contribution in [0.2, 0.25) is 0 Å². The Balaban J connectivity index is 1.91. The number of rotatable bonds is 3. The van der Waals surface area contributed by atoms with Crippen LogP contribution in [0.25, 0.3) is 0 Å². The summed E-state index contributed by atoms with van der Waals surface area (Å²) in [5.74, 6) is 0. The monoisotopic (exact) mass is 296 g/mol. The van der Waals surface area contributed by atoms with Crippen LogP contribution in [0.3, 0.4) is 0 Å². The molecule has 1 aromatic carbocycles. The fourth-order valence-electron chi connectivity index (χ4n) is 2.97. The van der Waals surface area contributed by atoms with Crippen LogP contribution in [0.1, 0.15) is 24.5 Å². The van der Waals surface area contributed by atoms with Gasteiger partial charge in [0.15, 0.2) is 0 Å². The molecule has 0 saturated carbocycles. The summed E-state index contributed by atoms with van der Waals surface area (Å²) < 4.78 is 32.4. The van der Waals surface area contributed by atoms with Gasteiger partial charge in [0, 0.05) is 26.7 Å². The van der Waals surface area contributed by atoms with Crippen molar-refractivity contribution in [3.63, 3.8) is 0 Å². The van der Waals surface area contributed by atoms with E-state index in [1.165, 1.54) is 9.87 Å². The summed E-state index contributed by atoms with van der Waals surface area (Å²) in [5, 5.41) is 3.23. The van der Waals surface area contributed by atoms with E-state index >= 15 is 0 Å². The molecule has 20 heavy (non-hydrogen) atoms. The van der Waals surface area contributed by atoms with E-state index in [1.54, 1.807) is 19.2 Å². The van der Waals surface area contributed by atoms with E-state index in [2.05, 4.69) is 5.32 Å². The molecule has 2 aliphatic rings. The van der Waals surface area contributed by atoms with Gasteiger partial charge in [-0.2, -0.15) is 4.31 Å². The second-order valence-corrected chi connectivity index (χ2v) is 7.48. The summed E-state index contributed by atoms with van der Waals surface area (Å²) in [6, 6.07) is 5.33. The number of hydrogen-bond donors (Lipinski definition) is 1. The summed E-state index contributed by atoms with van der Waals surface area (Å²) in [6.07, 6.45) is 0.703. The molecule has 2 heterocycles. The molecular weight excluding hydrogens is 276 g/mol. The highest BCUT2D eigenvalue weighted by Crippen LogP contribution is 2.27. The van der Waals surface area contributed by atoms with E-state index in [0.717, 1.165) is 25.1 Å². The first-order chi connectivity index (χ1) is 9.50. The third kappa shape index (κ3) is 2.26. The lowest BCUT2D eigenvalue weighted by molar-refractivity contribution is 0.102. The zero-order valence-corrected chi connectivity index (χ0v) is 12.6. The Labute approximate surface area is 120 Å². The van der Waals surface area contributed by atoms with Crippen molar-refractivity contribution in [3.8, 4) is 0 Å². The molecular formula is C14H20N2O3S. The Morgan fingerprint density at radius 2 is 2.05 bits per heavy atom. The molecule has 2 atom stereocenters. The molecule has 0 radical (unpaired) electrons. The number of hydrogen-bond acceptors (Lipinski definition) is 4. The Hall–Kier alpha value is -0.950. The predicted octanol–water partition coefficient (Wildman–Crippen LogP) is 1.09. The molecule has 1 fully saturated rings. The Kier molecular flexibility index (Phi) is 3.58. The molecule has 3 rings (SSSR count). The highest BCUT2D eigenvalue weighted by atomic mass is 32.2. The molecule has 1 saturated heterocycles. The second kappa shape index (κ2) is 5.11. The molecule has 0 spiro atoms. The van der Waals surface area contributed by atoms with Gasteiger partial charge in [0.05, 0.1) is 17.0 Å². The normalized spacial score (nSPS) is 26.1. The topological polar surface area (TPSA) is 58.6 Å². The minimum atomic E-state index is -3.45. The van der Waals surface area contributed by atoms with Crippen molar-refractivity contribution in [2.75, 3.05) is 13.7 Å². The van der Waals surface area contributed by atoms with Crippen LogP contribution in [-0.4, -0.2) is 38.5 Å². The van der Waals surface area contributed by atoms with Crippen LogP contribution >= 0.6 is 0 Å². The molecule has 0 bridgehead atoms. The summed E-state index contributed by atoms with van der Waals surface area (Å²) in [4.78, 5) is 0.376. The highest BCUT2D eigenvalue weighted by Gasteiger charge is 2.35. The number of ether oxygens (including phenoxy) is 1. The number of likely N-dealkylation sites (N-methyl/N-ethyl adjacent to an activating group) is 1. The Bertz CT molecular complexity index is 615. The van der Waals surface area contributed by atoms with Crippen molar-refractivity contribution >= 4 is 10.0 Å². The highest BCUT2D eigenvalue weighted by molar-refractivity contribution is 7.89. The fraction of sp³-hybridized carbons (Fsp3) is 0.571. The summed E-state index contributed by atoms with van der Waals surface area (Å²) in [5.41, 5.74) is 2.26. The van der Waals surface area contributed by atoms with E-state index in [0.29, 0.717) is 11.5 Å². The van der Waals surface area contributed by atoms with Gasteiger partial charge in [-0.1, -0.05) is 6.07 Å². The van der Waals surface area contributed by atoms with Gasteiger partial charge in [-0.15, -0.1) is 0 Å². The molecule has 0 amide bonds. The number of sulfonamides is 1. The second-order valence-electron chi connectivity index (χ2n) is 5.49. The van der Waals surface area contributed by atoms with Gasteiger partial charge in [-0.25, -0.2) is 8.42 Å². The lowest BCUT2D eigenvalue weighted by atomic mass is 10.1. The predicted molar refractivity (Wildman–Crippen MR) is 75.8 cm³/mol. The van der Waals surface area contributed by atoms with Crippen molar-refractivity contribution in [2.24, 2.45) is 0 Å². The smallest absolute Gasteiger partial charge is 0.243 e. The van der Waals surface area contributed by atoms with Crippen LogP contribution in [0.4, 0.5) is 0 Å².